The molecule has 8 nitrogen and oxygen atoms in total. The third kappa shape index (κ3) is 10.5. The molecule has 2 N–H and O–H groups in total. The fourth-order valence-corrected chi connectivity index (χ4v) is 6.03. The van der Waals surface area contributed by atoms with Gasteiger partial charge < -0.3 is 10.2 Å². The molecule has 230 valence electrons. The average Bonchev–Trinajstić information content (AvgIpc) is 2.98. The number of rotatable bonds is 15. The van der Waals surface area contributed by atoms with Gasteiger partial charge in [0.25, 0.3) is 10.0 Å². The van der Waals surface area contributed by atoms with E-state index in [1.165, 1.54) is 12.1 Å². The molecule has 0 radical (unpaired) electrons. The summed E-state index contributed by atoms with van der Waals surface area (Å²) in [5.41, 5.74) is 2.42. The van der Waals surface area contributed by atoms with Crippen molar-refractivity contribution in [1.29, 1.82) is 0 Å². The Kier molecular flexibility index (Phi) is 12.8. The maximum atomic E-state index is 13.9. The summed E-state index contributed by atoms with van der Waals surface area (Å²) in [5, 5.41) is 2.56. The summed E-state index contributed by atoms with van der Waals surface area (Å²) >= 11 is 4.48. The van der Waals surface area contributed by atoms with Gasteiger partial charge in [-0.1, -0.05) is 74.0 Å². The Balaban J connectivity index is 1.65. The largest absolute Gasteiger partial charge is 0.355 e. The number of amides is 3. The number of thiol groups is 1. The fraction of sp³-hybridized carbons (Fsp3) is 0.344. The molecule has 3 amide bonds. The van der Waals surface area contributed by atoms with Gasteiger partial charge in [0.05, 0.1) is 4.90 Å². The number of benzene rings is 3. The standard InChI is InChI=1S/C32H38FN3O5S2/c1-3-4-13-32(39)36(19-18-31(38)34-21-27(42)20-26-9-5-7-11-29(26)33)22-24-14-16-25(17-15-24)28-10-6-8-12-30(28)43(40,41)35-23(2)37/h5-12,14-17,27,42H,3-4,13,18-22H2,1-2H3,(H,34,38)(H,35,37)/t27-/m1/s1. The Bertz CT molecular complexity index is 1510. The number of sulfonamides is 1. The zero-order valence-electron chi connectivity index (χ0n) is 24.4. The van der Waals surface area contributed by atoms with Crippen LogP contribution in [0.1, 0.15) is 50.7 Å². The predicted molar refractivity (Wildman–Crippen MR) is 168 cm³/mol. The van der Waals surface area contributed by atoms with E-state index in [9.17, 15) is 27.2 Å². The van der Waals surface area contributed by atoms with Gasteiger partial charge in [0.15, 0.2) is 0 Å². The molecule has 3 rings (SSSR count). The molecule has 3 aromatic carbocycles. The maximum absolute atomic E-state index is 13.9. The molecular weight excluding hydrogens is 590 g/mol. The highest BCUT2D eigenvalue weighted by molar-refractivity contribution is 7.90. The van der Waals surface area contributed by atoms with Gasteiger partial charge in [0.1, 0.15) is 5.82 Å². The number of carbonyl (C=O) groups excluding carboxylic acids is 3. The van der Waals surface area contributed by atoms with Crippen molar-refractivity contribution < 1.29 is 27.2 Å². The lowest BCUT2D eigenvalue weighted by Gasteiger charge is -2.23. The topological polar surface area (TPSA) is 113 Å². The molecule has 0 heterocycles. The van der Waals surface area contributed by atoms with Crippen molar-refractivity contribution in [1.82, 2.24) is 14.9 Å². The number of nitrogens with zero attached hydrogens (tertiary/aromatic N) is 1. The molecule has 11 heteroatoms. The molecule has 0 aliphatic rings. The fourth-order valence-electron chi connectivity index (χ4n) is 4.52. The molecular formula is C32H38FN3O5S2. The second kappa shape index (κ2) is 16.2. The molecule has 0 bridgehead atoms. The molecule has 0 aromatic heterocycles. The van der Waals surface area contributed by atoms with Crippen LogP contribution in [0.4, 0.5) is 4.39 Å². The van der Waals surface area contributed by atoms with Crippen LogP contribution in [0.2, 0.25) is 0 Å². The highest BCUT2D eigenvalue weighted by atomic mass is 32.2. The molecule has 0 fully saturated rings. The van der Waals surface area contributed by atoms with E-state index in [0.717, 1.165) is 25.3 Å². The zero-order valence-corrected chi connectivity index (χ0v) is 26.1. The third-order valence-corrected chi connectivity index (χ3v) is 8.60. The van der Waals surface area contributed by atoms with Crippen LogP contribution in [0.3, 0.4) is 0 Å². The number of hydrogen-bond acceptors (Lipinski definition) is 6. The first-order chi connectivity index (χ1) is 20.5. The second-order valence-electron chi connectivity index (χ2n) is 10.3. The molecule has 0 spiro atoms. The van der Waals surface area contributed by atoms with Gasteiger partial charge >= 0.3 is 0 Å². The lowest BCUT2D eigenvalue weighted by molar-refractivity contribution is -0.132. The zero-order chi connectivity index (χ0) is 31.4. The molecule has 0 aliphatic carbocycles. The van der Waals surface area contributed by atoms with Crippen molar-refractivity contribution in [3.63, 3.8) is 0 Å². The van der Waals surface area contributed by atoms with Crippen LogP contribution in [-0.4, -0.2) is 49.4 Å². The van der Waals surface area contributed by atoms with E-state index in [1.54, 1.807) is 53.4 Å². The van der Waals surface area contributed by atoms with Gasteiger partial charge in [0.2, 0.25) is 17.7 Å². The number of carbonyl (C=O) groups is 3. The first-order valence-corrected chi connectivity index (χ1v) is 16.2. The maximum Gasteiger partial charge on any atom is 0.264 e. The molecule has 0 unspecified atom stereocenters. The molecule has 0 saturated heterocycles. The van der Waals surface area contributed by atoms with Gasteiger partial charge in [-0.15, -0.1) is 0 Å². The highest BCUT2D eigenvalue weighted by Crippen LogP contribution is 2.28. The van der Waals surface area contributed by atoms with Crippen LogP contribution in [0.25, 0.3) is 11.1 Å². The summed E-state index contributed by atoms with van der Waals surface area (Å²) in [7, 11) is -4.04. The Labute approximate surface area is 258 Å². The number of nitrogens with one attached hydrogen (secondary N) is 2. The number of halogens is 1. The highest BCUT2D eigenvalue weighted by Gasteiger charge is 2.21. The van der Waals surface area contributed by atoms with E-state index in [2.05, 4.69) is 17.9 Å². The van der Waals surface area contributed by atoms with Gasteiger partial charge in [-0.05, 0) is 41.7 Å². The quantitative estimate of drug-likeness (QED) is 0.208. The summed E-state index contributed by atoms with van der Waals surface area (Å²) < 4.78 is 41.3. The normalized spacial score (nSPS) is 11.9. The van der Waals surface area contributed by atoms with E-state index in [1.807, 2.05) is 23.8 Å². The monoisotopic (exact) mass is 627 g/mol. The Hall–Kier alpha value is -3.70. The summed E-state index contributed by atoms with van der Waals surface area (Å²) in [6, 6.07) is 20.0. The molecule has 0 saturated carbocycles. The third-order valence-electron chi connectivity index (χ3n) is 6.75. The molecule has 0 aliphatic heterocycles. The smallest absolute Gasteiger partial charge is 0.264 e. The van der Waals surface area contributed by atoms with Crippen LogP contribution in [-0.2, 0) is 37.4 Å². The minimum Gasteiger partial charge on any atom is -0.355 e. The number of hydrogen-bond donors (Lipinski definition) is 3. The Morgan fingerprint density at radius 1 is 0.953 bits per heavy atom. The minimum atomic E-state index is -4.04. The first-order valence-electron chi connectivity index (χ1n) is 14.2. The van der Waals surface area contributed by atoms with E-state index < -0.39 is 15.9 Å². The van der Waals surface area contributed by atoms with E-state index in [0.29, 0.717) is 29.5 Å². The van der Waals surface area contributed by atoms with Crippen LogP contribution >= 0.6 is 12.6 Å². The Morgan fingerprint density at radius 3 is 2.30 bits per heavy atom. The van der Waals surface area contributed by atoms with Crippen molar-refractivity contribution in [2.45, 2.75) is 62.6 Å². The average molecular weight is 628 g/mol. The van der Waals surface area contributed by atoms with Gasteiger partial charge in [0, 0.05) is 50.2 Å². The van der Waals surface area contributed by atoms with Crippen LogP contribution in [0.15, 0.2) is 77.7 Å². The van der Waals surface area contributed by atoms with Gasteiger partial charge in [-0.25, -0.2) is 17.5 Å². The predicted octanol–water partition coefficient (Wildman–Crippen LogP) is 4.88. The molecule has 1 atom stereocenters. The Morgan fingerprint density at radius 2 is 1.63 bits per heavy atom. The molecule has 3 aromatic rings. The van der Waals surface area contributed by atoms with Crippen molar-refractivity contribution in [3.05, 3.63) is 89.7 Å². The SMILES string of the molecule is CCCCC(=O)N(CCC(=O)NC[C@H](S)Cc1ccccc1F)Cc1ccc(-c2ccccc2S(=O)(=O)NC(C)=O)cc1. The second-order valence-corrected chi connectivity index (χ2v) is 12.7. The summed E-state index contributed by atoms with van der Waals surface area (Å²) in [4.78, 5) is 38.7. The number of unbranched alkanes of at least 4 members (excludes halogenated alkanes) is 1. The van der Waals surface area contributed by atoms with Crippen molar-refractivity contribution in [2.24, 2.45) is 0 Å². The van der Waals surface area contributed by atoms with E-state index >= 15 is 0 Å². The first kappa shape index (κ1) is 33.8. The van der Waals surface area contributed by atoms with Crippen LogP contribution in [0.5, 0.6) is 0 Å². The van der Waals surface area contributed by atoms with E-state index in [-0.39, 0.29) is 53.8 Å². The lowest BCUT2D eigenvalue weighted by atomic mass is 10.0. The van der Waals surface area contributed by atoms with Crippen molar-refractivity contribution >= 4 is 40.4 Å². The van der Waals surface area contributed by atoms with Gasteiger partial charge in [-0.3, -0.25) is 14.4 Å². The summed E-state index contributed by atoms with van der Waals surface area (Å²) in [5.74, 6) is -1.27. The summed E-state index contributed by atoms with van der Waals surface area (Å²) in [6.45, 7) is 3.91. The molecule has 43 heavy (non-hydrogen) atoms. The van der Waals surface area contributed by atoms with E-state index in [4.69, 9.17) is 0 Å². The van der Waals surface area contributed by atoms with Crippen LogP contribution < -0.4 is 10.0 Å². The summed E-state index contributed by atoms with van der Waals surface area (Å²) in [6.07, 6.45) is 2.44. The van der Waals surface area contributed by atoms with Crippen molar-refractivity contribution in [2.75, 3.05) is 13.1 Å². The van der Waals surface area contributed by atoms with Crippen LogP contribution in [0, 0.1) is 5.82 Å². The van der Waals surface area contributed by atoms with Crippen molar-refractivity contribution in [3.8, 4) is 11.1 Å². The van der Waals surface area contributed by atoms with Gasteiger partial charge in [-0.2, -0.15) is 12.6 Å². The lowest BCUT2D eigenvalue weighted by Crippen LogP contribution is -2.36. The minimum absolute atomic E-state index is 0.0160.